The SMILES string of the molecule is Cc1cc(C)n2c(S[C@@H](C)C(=O)Nc3cc(C(F)(F)F)ccc3Cl)nnc2n1. The lowest BCUT2D eigenvalue weighted by atomic mass is 10.2. The Kier molecular flexibility index (Phi) is 5.53. The van der Waals surface area contributed by atoms with Gasteiger partial charge in [0.15, 0.2) is 5.16 Å². The van der Waals surface area contributed by atoms with Crippen molar-refractivity contribution in [2.75, 3.05) is 5.32 Å². The van der Waals surface area contributed by atoms with Gasteiger partial charge >= 0.3 is 6.18 Å². The summed E-state index contributed by atoms with van der Waals surface area (Å²) in [5.74, 6) is -0.103. The monoisotopic (exact) mass is 429 g/mol. The third-order valence-electron chi connectivity index (χ3n) is 3.87. The summed E-state index contributed by atoms with van der Waals surface area (Å²) in [6.45, 7) is 5.31. The zero-order valence-corrected chi connectivity index (χ0v) is 16.6. The number of rotatable bonds is 4. The first-order valence-electron chi connectivity index (χ1n) is 8.10. The van der Waals surface area contributed by atoms with E-state index >= 15 is 0 Å². The number of benzene rings is 1. The third kappa shape index (κ3) is 4.22. The van der Waals surface area contributed by atoms with Gasteiger partial charge in [-0.15, -0.1) is 10.2 Å². The Balaban J connectivity index is 1.79. The summed E-state index contributed by atoms with van der Waals surface area (Å²) in [4.78, 5) is 16.8. The van der Waals surface area contributed by atoms with Gasteiger partial charge in [-0.3, -0.25) is 9.20 Å². The number of amides is 1. The smallest absolute Gasteiger partial charge is 0.324 e. The minimum absolute atomic E-state index is 0.0157. The number of halogens is 4. The molecule has 2 heterocycles. The molecule has 3 rings (SSSR count). The van der Waals surface area contributed by atoms with Crippen LogP contribution in [0.5, 0.6) is 0 Å². The standard InChI is InChI=1S/C17H15ClF3N5OS/c1-8-6-9(2)26-15(22-8)24-25-16(26)28-10(3)14(27)23-13-7-11(17(19,20)21)4-5-12(13)18/h4-7,10H,1-3H3,(H,23,27)/t10-/m0/s1. The highest BCUT2D eigenvalue weighted by molar-refractivity contribution is 8.00. The molecule has 148 valence electrons. The molecule has 2 aromatic heterocycles. The highest BCUT2D eigenvalue weighted by Crippen LogP contribution is 2.34. The van der Waals surface area contributed by atoms with Crippen LogP contribution >= 0.6 is 23.4 Å². The number of hydrogen-bond acceptors (Lipinski definition) is 5. The largest absolute Gasteiger partial charge is 0.416 e. The van der Waals surface area contributed by atoms with Crippen molar-refractivity contribution in [1.82, 2.24) is 19.6 Å². The van der Waals surface area contributed by atoms with Crippen LogP contribution in [-0.2, 0) is 11.0 Å². The second kappa shape index (κ2) is 7.59. The molecule has 0 aliphatic heterocycles. The average Bonchev–Trinajstić information content (AvgIpc) is 2.98. The van der Waals surface area contributed by atoms with E-state index in [-0.39, 0.29) is 10.7 Å². The molecule has 0 aliphatic rings. The predicted molar refractivity (Wildman–Crippen MR) is 101 cm³/mol. The van der Waals surface area contributed by atoms with E-state index < -0.39 is 22.9 Å². The number of nitrogens with zero attached hydrogens (tertiary/aromatic N) is 4. The van der Waals surface area contributed by atoms with Crippen molar-refractivity contribution >= 4 is 40.7 Å². The zero-order chi connectivity index (χ0) is 20.6. The second-order valence-electron chi connectivity index (χ2n) is 6.10. The highest BCUT2D eigenvalue weighted by atomic mass is 35.5. The first kappa shape index (κ1) is 20.4. The first-order chi connectivity index (χ1) is 13.1. The van der Waals surface area contributed by atoms with Crippen molar-refractivity contribution in [1.29, 1.82) is 0 Å². The number of carbonyl (C=O) groups is 1. The lowest BCUT2D eigenvalue weighted by molar-refractivity contribution is -0.137. The molecule has 1 aromatic carbocycles. The number of carbonyl (C=O) groups excluding carboxylic acids is 1. The molecule has 28 heavy (non-hydrogen) atoms. The molecule has 0 radical (unpaired) electrons. The second-order valence-corrected chi connectivity index (χ2v) is 7.81. The van der Waals surface area contributed by atoms with E-state index in [1.54, 1.807) is 11.3 Å². The fourth-order valence-corrected chi connectivity index (χ4v) is 3.59. The van der Waals surface area contributed by atoms with Crippen LogP contribution in [0.2, 0.25) is 5.02 Å². The van der Waals surface area contributed by atoms with Gasteiger partial charge in [-0.2, -0.15) is 13.2 Å². The molecule has 6 nitrogen and oxygen atoms in total. The molecule has 3 aromatic rings. The number of fused-ring (bicyclic) bond motifs is 1. The summed E-state index contributed by atoms with van der Waals surface area (Å²) in [6.07, 6.45) is -4.53. The summed E-state index contributed by atoms with van der Waals surface area (Å²) in [6, 6.07) is 4.62. The number of anilines is 1. The number of hydrogen-bond donors (Lipinski definition) is 1. The molecule has 0 bridgehead atoms. The van der Waals surface area contributed by atoms with Crippen LogP contribution in [0.1, 0.15) is 23.9 Å². The summed E-state index contributed by atoms with van der Waals surface area (Å²) in [5.41, 5.74) is 0.643. The van der Waals surface area contributed by atoms with E-state index in [1.165, 1.54) is 0 Å². The van der Waals surface area contributed by atoms with Gasteiger partial charge < -0.3 is 5.32 Å². The average molecular weight is 430 g/mol. The van der Waals surface area contributed by atoms with E-state index in [9.17, 15) is 18.0 Å². The minimum atomic E-state index is -4.53. The minimum Gasteiger partial charge on any atom is -0.324 e. The molecule has 1 amide bonds. The van der Waals surface area contributed by atoms with Crippen LogP contribution in [0.25, 0.3) is 5.78 Å². The van der Waals surface area contributed by atoms with E-state index in [2.05, 4.69) is 20.5 Å². The molecule has 1 atom stereocenters. The van der Waals surface area contributed by atoms with E-state index in [0.717, 1.165) is 41.3 Å². The van der Waals surface area contributed by atoms with Crippen LogP contribution < -0.4 is 5.32 Å². The maximum atomic E-state index is 12.9. The summed E-state index contributed by atoms with van der Waals surface area (Å²) in [7, 11) is 0. The zero-order valence-electron chi connectivity index (χ0n) is 15.0. The molecule has 0 aliphatic carbocycles. The van der Waals surface area contributed by atoms with E-state index in [0.29, 0.717) is 10.9 Å². The lowest BCUT2D eigenvalue weighted by Crippen LogP contribution is -2.23. The Bertz CT molecular complexity index is 1050. The summed E-state index contributed by atoms with van der Waals surface area (Å²) < 4.78 is 40.3. The molecule has 0 spiro atoms. The van der Waals surface area contributed by atoms with Gasteiger partial charge in [0.25, 0.3) is 5.78 Å². The lowest BCUT2D eigenvalue weighted by Gasteiger charge is -2.14. The summed E-state index contributed by atoms with van der Waals surface area (Å²) >= 11 is 7.04. The Morgan fingerprint density at radius 2 is 1.96 bits per heavy atom. The molecule has 0 fully saturated rings. The fourth-order valence-electron chi connectivity index (χ4n) is 2.52. The molecule has 0 saturated carbocycles. The molecule has 0 unspecified atom stereocenters. The normalized spacial score (nSPS) is 13.0. The summed E-state index contributed by atoms with van der Waals surface area (Å²) in [5, 5.41) is 10.3. The number of thioether (sulfide) groups is 1. The van der Waals surface area contributed by atoms with E-state index in [1.807, 2.05) is 19.9 Å². The number of aromatic nitrogens is 4. The number of nitrogens with one attached hydrogen (secondary N) is 1. The van der Waals surface area contributed by atoms with Crippen molar-refractivity contribution in [3.05, 3.63) is 46.2 Å². The molecular weight excluding hydrogens is 415 g/mol. The Hall–Kier alpha value is -2.33. The Labute approximate surface area is 167 Å². The fraction of sp³-hybridized carbons (Fsp3) is 0.294. The number of aryl methyl sites for hydroxylation is 2. The van der Waals surface area contributed by atoms with Gasteiger partial charge in [0.2, 0.25) is 5.91 Å². The molecular formula is C17H15ClF3N5OS. The van der Waals surface area contributed by atoms with Gasteiger partial charge in [0.05, 0.1) is 21.5 Å². The Morgan fingerprint density at radius 1 is 1.25 bits per heavy atom. The maximum absolute atomic E-state index is 12.9. The topological polar surface area (TPSA) is 72.2 Å². The van der Waals surface area contributed by atoms with Gasteiger partial charge in [-0.1, -0.05) is 23.4 Å². The first-order valence-corrected chi connectivity index (χ1v) is 9.35. The third-order valence-corrected chi connectivity index (χ3v) is 5.24. The molecule has 1 N–H and O–H groups in total. The quantitative estimate of drug-likeness (QED) is 0.617. The number of alkyl halides is 3. The van der Waals surface area contributed by atoms with Gasteiger partial charge in [0, 0.05) is 11.4 Å². The van der Waals surface area contributed by atoms with Crippen LogP contribution in [0, 0.1) is 13.8 Å². The van der Waals surface area contributed by atoms with Gasteiger partial charge in [-0.05, 0) is 45.0 Å². The van der Waals surface area contributed by atoms with Crippen molar-refractivity contribution < 1.29 is 18.0 Å². The van der Waals surface area contributed by atoms with Crippen molar-refractivity contribution in [2.24, 2.45) is 0 Å². The Morgan fingerprint density at radius 3 is 2.64 bits per heavy atom. The van der Waals surface area contributed by atoms with Gasteiger partial charge in [-0.25, -0.2) is 4.98 Å². The van der Waals surface area contributed by atoms with Crippen LogP contribution in [0.3, 0.4) is 0 Å². The predicted octanol–water partition coefficient (Wildman–Crippen LogP) is 4.53. The van der Waals surface area contributed by atoms with Crippen LogP contribution in [0.4, 0.5) is 18.9 Å². The molecule has 0 saturated heterocycles. The van der Waals surface area contributed by atoms with Crippen molar-refractivity contribution in [3.63, 3.8) is 0 Å². The van der Waals surface area contributed by atoms with Gasteiger partial charge in [0.1, 0.15) is 0 Å². The molecule has 11 heteroatoms. The highest BCUT2D eigenvalue weighted by Gasteiger charge is 2.31. The van der Waals surface area contributed by atoms with Crippen molar-refractivity contribution in [2.45, 2.75) is 37.4 Å². The van der Waals surface area contributed by atoms with Crippen LogP contribution in [-0.4, -0.2) is 30.7 Å². The van der Waals surface area contributed by atoms with E-state index in [4.69, 9.17) is 11.6 Å². The maximum Gasteiger partial charge on any atom is 0.416 e. The van der Waals surface area contributed by atoms with Crippen molar-refractivity contribution in [3.8, 4) is 0 Å². The van der Waals surface area contributed by atoms with Crippen LogP contribution in [0.15, 0.2) is 29.4 Å².